The van der Waals surface area contributed by atoms with Gasteiger partial charge in [-0.2, -0.15) is 0 Å². The minimum atomic E-state index is -0.596. The zero-order valence-electron chi connectivity index (χ0n) is 16.4. The minimum absolute atomic E-state index is 0.0310. The van der Waals surface area contributed by atoms with Gasteiger partial charge in [-0.25, -0.2) is 0 Å². The lowest BCUT2D eigenvalue weighted by Crippen LogP contribution is -2.30. The number of halogens is 1. The fraction of sp³-hybridized carbons (Fsp3) is 0.318. The van der Waals surface area contributed by atoms with E-state index in [0.717, 1.165) is 0 Å². The predicted molar refractivity (Wildman–Crippen MR) is 110 cm³/mol. The molecule has 0 saturated carbocycles. The molecule has 1 N–H and O–H groups in total. The molecule has 7 heteroatoms. The number of hydrogen-bond acceptors (Lipinski definition) is 5. The van der Waals surface area contributed by atoms with Gasteiger partial charge in [-0.3, -0.25) is 14.4 Å². The number of esters is 1. The zero-order valence-corrected chi connectivity index (χ0v) is 17.2. The van der Waals surface area contributed by atoms with Gasteiger partial charge in [0.25, 0.3) is 0 Å². The van der Waals surface area contributed by atoms with E-state index in [-0.39, 0.29) is 31.0 Å². The third-order valence-electron chi connectivity index (χ3n) is 4.43. The van der Waals surface area contributed by atoms with Crippen LogP contribution in [0.3, 0.4) is 0 Å². The number of benzene rings is 2. The van der Waals surface area contributed by atoms with Crippen molar-refractivity contribution in [1.82, 2.24) is 5.32 Å². The topological polar surface area (TPSA) is 81.7 Å². The molecule has 29 heavy (non-hydrogen) atoms. The van der Waals surface area contributed by atoms with Crippen LogP contribution in [0, 0.1) is 0 Å². The van der Waals surface area contributed by atoms with Crippen LogP contribution in [0.2, 0.25) is 5.02 Å². The van der Waals surface area contributed by atoms with Gasteiger partial charge in [-0.1, -0.05) is 29.8 Å². The molecule has 0 spiro atoms. The van der Waals surface area contributed by atoms with E-state index in [1.54, 1.807) is 55.6 Å². The van der Waals surface area contributed by atoms with Crippen molar-refractivity contribution >= 4 is 29.3 Å². The van der Waals surface area contributed by atoms with Crippen molar-refractivity contribution in [1.29, 1.82) is 0 Å². The first-order valence-electron chi connectivity index (χ1n) is 9.22. The molecule has 0 fully saturated rings. The maximum atomic E-state index is 12.4. The summed E-state index contributed by atoms with van der Waals surface area (Å²) >= 11 is 6.21. The summed E-state index contributed by atoms with van der Waals surface area (Å²) in [6, 6.07) is 13.3. The van der Waals surface area contributed by atoms with E-state index in [1.165, 1.54) is 7.11 Å². The van der Waals surface area contributed by atoms with Crippen molar-refractivity contribution in [2.45, 2.75) is 31.7 Å². The molecule has 0 heterocycles. The van der Waals surface area contributed by atoms with E-state index in [0.29, 0.717) is 28.3 Å². The molecule has 0 aliphatic carbocycles. The minimum Gasteiger partial charge on any atom is -0.497 e. The van der Waals surface area contributed by atoms with Gasteiger partial charge in [-0.15, -0.1) is 0 Å². The molecular weight excluding hydrogens is 394 g/mol. The largest absolute Gasteiger partial charge is 0.497 e. The third-order valence-corrected chi connectivity index (χ3v) is 4.78. The number of methoxy groups -OCH3 is 2. The van der Waals surface area contributed by atoms with Crippen LogP contribution in [-0.4, -0.2) is 31.9 Å². The summed E-state index contributed by atoms with van der Waals surface area (Å²) in [5, 5.41) is 3.27. The Balaban J connectivity index is 1.91. The first-order valence-corrected chi connectivity index (χ1v) is 9.60. The Labute approximate surface area is 175 Å². The fourth-order valence-electron chi connectivity index (χ4n) is 2.84. The van der Waals surface area contributed by atoms with Gasteiger partial charge in [0.2, 0.25) is 5.91 Å². The Hall–Kier alpha value is -2.86. The number of hydrogen-bond donors (Lipinski definition) is 1. The lowest BCUT2D eigenvalue weighted by molar-refractivity contribution is -0.141. The number of amides is 1. The van der Waals surface area contributed by atoms with Gasteiger partial charge in [0.1, 0.15) is 5.75 Å². The van der Waals surface area contributed by atoms with Crippen LogP contribution in [0.15, 0.2) is 48.5 Å². The van der Waals surface area contributed by atoms with E-state index < -0.39 is 12.0 Å². The third kappa shape index (κ3) is 6.91. The number of ketones is 1. The molecule has 2 rings (SSSR count). The molecule has 1 amide bonds. The van der Waals surface area contributed by atoms with Crippen molar-refractivity contribution < 1.29 is 23.9 Å². The molecule has 0 aliphatic heterocycles. The Morgan fingerprint density at radius 2 is 1.69 bits per heavy atom. The van der Waals surface area contributed by atoms with E-state index in [1.807, 2.05) is 0 Å². The summed E-state index contributed by atoms with van der Waals surface area (Å²) in [6.07, 6.45) is 0.762. The average molecular weight is 418 g/mol. The van der Waals surface area contributed by atoms with Crippen molar-refractivity contribution in [3.63, 3.8) is 0 Å². The second kappa shape index (κ2) is 11.2. The van der Waals surface area contributed by atoms with Gasteiger partial charge in [0.05, 0.1) is 26.7 Å². The standard InChI is InChI=1S/C22H24ClNO5/c1-28-16-12-10-15(11-13-16)20(25)8-5-9-21(26)24-19(14-22(27)29-2)17-6-3-4-7-18(17)23/h3-4,6-7,10-13,19H,5,8-9,14H2,1-2H3,(H,24,26). The summed E-state index contributed by atoms with van der Waals surface area (Å²) in [6.45, 7) is 0. The molecule has 2 aromatic carbocycles. The molecule has 0 aliphatic rings. The number of carbonyl (C=O) groups excluding carboxylic acids is 3. The zero-order chi connectivity index (χ0) is 21.2. The summed E-state index contributed by atoms with van der Waals surface area (Å²) in [5.41, 5.74) is 1.22. The molecule has 1 atom stereocenters. The molecule has 0 aromatic heterocycles. The van der Waals surface area contributed by atoms with Crippen LogP contribution in [0.4, 0.5) is 0 Å². The van der Waals surface area contributed by atoms with Gasteiger partial charge in [-0.05, 0) is 42.3 Å². The molecule has 1 unspecified atom stereocenters. The smallest absolute Gasteiger partial charge is 0.307 e. The first kappa shape index (κ1) is 22.4. The summed E-state index contributed by atoms with van der Waals surface area (Å²) in [4.78, 5) is 36.3. The number of Topliss-reactive ketones (excluding diaryl/α,β-unsaturated/α-hetero) is 1. The molecule has 2 aromatic rings. The van der Waals surface area contributed by atoms with Crippen molar-refractivity contribution in [3.05, 3.63) is 64.7 Å². The van der Waals surface area contributed by atoms with Crippen LogP contribution in [0.1, 0.15) is 47.6 Å². The van der Waals surface area contributed by atoms with Gasteiger partial charge >= 0.3 is 5.97 Å². The number of rotatable bonds is 10. The van der Waals surface area contributed by atoms with E-state index in [4.69, 9.17) is 21.1 Å². The lowest BCUT2D eigenvalue weighted by Gasteiger charge is -2.19. The maximum absolute atomic E-state index is 12.4. The molecule has 154 valence electrons. The molecule has 0 saturated heterocycles. The molecule has 0 radical (unpaired) electrons. The lowest BCUT2D eigenvalue weighted by atomic mass is 10.0. The normalized spacial score (nSPS) is 11.4. The van der Waals surface area contributed by atoms with E-state index in [2.05, 4.69) is 5.32 Å². The van der Waals surface area contributed by atoms with Crippen molar-refractivity contribution in [3.8, 4) is 5.75 Å². The molecule has 6 nitrogen and oxygen atoms in total. The van der Waals surface area contributed by atoms with Gasteiger partial charge in [0.15, 0.2) is 5.78 Å². The van der Waals surface area contributed by atoms with E-state index >= 15 is 0 Å². The predicted octanol–water partition coefficient (Wildman–Crippen LogP) is 4.12. The Morgan fingerprint density at radius 1 is 1.00 bits per heavy atom. The van der Waals surface area contributed by atoms with Crippen LogP contribution in [-0.2, 0) is 14.3 Å². The molecular formula is C22H24ClNO5. The van der Waals surface area contributed by atoms with Gasteiger partial charge in [0, 0.05) is 23.4 Å². The van der Waals surface area contributed by atoms with Gasteiger partial charge < -0.3 is 14.8 Å². The first-order chi connectivity index (χ1) is 13.9. The van der Waals surface area contributed by atoms with E-state index in [9.17, 15) is 14.4 Å². The maximum Gasteiger partial charge on any atom is 0.307 e. The summed E-state index contributed by atoms with van der Waals surface area (Å²) < 4.78 is 9.79. The number of ether oxygens (including phenoxy) is 2. The monoisotopic (exact) mass is 417 g/mol. The van der Waals surface area contributed by atoms with Crippen molar-refractivity contribution in [2.24, 2.45) is 0 Å². The quantitative estimate of drug-likeness (QED) is 0.464. The van der Waals surface area contributed by atoms with Crippen LogP contribution in [0.5, 0.6) is 5.75 Å². The van der Waals surface area contributed by atoms with Crippen LogP contribution < -0.4 is 10.1 Å². The molecule has 0 bridgehead atoms. The highest BCUT2D eigenvalue weighted by Crippen LogP contribution is 2.25. The fourth-order valence-corrected chi connectivity index (χ4v) is 3.11. The van der Waals surface area contributed by atoms with Crippen LogP contribution in [0.25, 0.3) is 0 Å². The second-order valence-corrected chi connectivity index (χ2v) is 6.83. The van der Waals surface area contributed by atoms with Crippen LogP contribution >= 0.6 is 11.6 Å². The number of nitrogens with one attached hydrogen (secondary N) is 1. The highest BCUT2D eigenvalue weighted by atomic mass is 35.5. The highest BCUT2D eigenvalue weighted by molar-refractivity contribution is 6.31. The Kier molecular flexibility index (Phi) is 8.68. The summed E-state index contributed by atoms with van der Waals surface area (Å²) in [5.74, 6) is -0.0823. The van der Waals surface area contributed by atoms with Crippen molar-refractivity contribution in [2.75, 3.05) is 14.2 Å². The SMILES string of the molecule is COC(=O)CC(NC(=O)CCCC(=O)c1ccc(OC)cc1)c1ccccc1Cl. The average Bonchev–Trinajstić information content (AvgIpc) is 2.73. The number of carbonyl (C=O) groups is 3. The Bertz CT molecular complexity index is 851. The highest BCUT2D eigenvalue weighted by Gasteiger charge is 2.21. The Morgan fingerprint density at radius 3 is 2.31 bits per heavy atom. The second-order valence-electron chi connectivity index (χ2n) is 6.43. The summed E-state index contributed by atoms with van der Waals surface area (Å²) in [7, 11) is 2.85.